The van der Waals surface area contributed by atoms with E-state index >= 15 is 0 Å². The van der Waals surface area contributed by atoms with Crippen LogP contribution in [0.5, 0.6) is 11.5 Å². The Bertz CT molecular complexity index is 1340. The zero-order valence-corrected chi connectivity index (χ0v) is 19.8. The molecule has 1 N–H and O–H groups in total. The van der Waals surface area contributed by atoms with Gasteiger partial charge in [-0.2, -0.15) is 5.10 Å². The molecule has 33 heavy (non-hydrogen) atoms. The van der Waals surface area contributed by atoms with Gasteiger partial charge in [-0.3, -0.25) is 10.1 Å². The maximum Gasteiger partial charge on any atom is 0.258 e. The van der Waals surface area contributed by atoms with Gasteiger partial charge in [0.15, 0.2) is 22.3 Å². The summed E-state index contributed by atoms with van der Waals surface area (Å²) in [6.07, 6.45) is 1.71. The summed E-state index contributed by atoms with van der Waals surface area (Å²) in [5.74, 6) is 1.40. The van der Waals surface area contributed by atoms with Crippen molar-refractivity contribution in [3.05, 3.63) is 47.1 Å². The van der Waals surface area contributed by atoms with Crippen LogP contribution in [-0.4, -0.2) is 38.9 Å². The highest BCUT2D eigenvalue weighted by atomic mass is 32.1. The van der Waals surface area contributed by atoms with Gasteiger partial charge in [-0.25, -0.2) is 14.6 Å². The normalized spacial score (nSPS) is 13.2. The van der Waals surface area contributed by atoms with E-state index in [0.717, 1.165) is 33.7 Å². The summed E-state index contributed by atoms with van der Waals surface area (Å²) in [7, 11) is 0. The van der Waals surface area contributed by atoms with Crippen molar-refractivity contribution in [3.8, 4) is 22.8 Å². The lowest BCUT2D eigenvalue weighted by molar-refractivity contribution is 0.102. The minimum Gasteiger partial charge on any atom is -0.486 e. The van der Waals surface area contributed by atoms with Crippen molar-refractivity contribution in [2.45, 2.75) is 39.7 Å². The molecule has 1 aromatic carbocycles. The molecule has 0 unspecified atom stereocenters. The molecule has 0 spiro atoms. The summed E-state index contributed by atoms with van der Waals surface area (Å²) < 4.78 is 13.1. The second-order valence-electron chi connectivity index (χ2n) is 8.52. The van der Waals surface area contributed by atoms with Crippen LogP contribution in [0.3, 0.4) is 0 Å². The summed E-state index contributed by atoms with van der Waals surface area (Å²) in [5.41, 5.74) is 3.79. The molecule has 170 valence electrons. The molecule has 0 atom stereocenters. The van der Waals surface area contributed by atoms with E-state index in [-0.39, 0.29) is 17.9 Å². The van der Waals surface area contributed by atoms with Gasteiger partial charge < -0.3 is 9.47 Å². The van der Waals surface area contributed by atoms with Crippen molar-refractivity contribution in [2.24, 2.45) is 0 Å². The molecule has 0 fully saturated rings. The number of thiazole rings is 1. The first-order valence-corrected chi connectivity index (χ1v) is 11.8. The Labute approximate surface area is 195 Å². The van der Waals surface area contributed by atoms with Crippen LogP contribution in [0.15, 0.2) is 35.8 Å². The maximum absolute atomic E-state index is 13.3. The highest BCUT2D eigenvalue weighted by Crippen LogP contribution is 2.35. The van der Waals surface area contributed by atoms with Crippen LogP contribution in [-0.2, 0) is 0 Å². The number of carbonyl (C=O) groups excluding carboxylic acids is 1. The Morgan fingerprint density at radius 3 is 2.64 bits per heavy atom. The van der Waals surface area contributed by atoms with Gasteiger partial charge in [0, 0.05) is 22.7 Å². The van der Waals surface area contributed by atoms with Gasteiger partial charge in [-0.15, -0.1) is 11.3 Å². The third-order valence-electron chi connectivity index (χ3n) is 5.47. The number of amides is 1. The molecular weight excluding hydrogens is 438 g/mol. The third-order valence-corrected chi connectivity index (χ3v) is 6.23. The number of carbonyl (C=O) groups is 1. The average molecular weight is 464 g/mol. The van der Waals surface area contributed by atoms with Crippen LogP contribution in [0.2, 0.25) is 0 Å². The van der Waals surface area contributed by atoms with Gasteiger partial charge in [0.2, 0.25) is 0 Å². The van der Waals surface area contributed by atoms with Crippen LogP contribution in [0.25, 0.3) is 22.3 Å². The summed E-state index contributed by atoms with van der Waals surface area (Å²) in [6.45, 7) is 9.30. The number of nitrogens with one attached hydrogen (secondary N) is 1. The Hall–Kier alpha value is -3.46. The number of hydrogen-bond donors (Lipinski definition) is 1. The zero-order chi connectivity index (χ0) is 23.1. The van der Waals surface area contributed by atoms with Crippen LogP contribution in [0.4, 0.5) is 5.13 Å². The van der Waals surface area contributed by atoms with Gasteiger partial charge in [0.05, 0.1) is 22.8 Å². The Kier molecular flexibility index (Phi) is 5.49. The molecule has 0 bridgehead atoms. The number of rotatable bonds is 5. The monoisotopic (exact) mass is 463 g/mol. The molecule has 1 aliphatic heterocycles. The number of anilines is 1. The molecule has 1 aliphatic rings. The van der Waals surface area contributed by atoms with E-state index in [2.05, 4.69) is 29.2 Å². The predicted octanol–water partition coefficient (Wildman–Crippen LogP) is 5.28. The van der Waals surface area contributed by atoms with Crippen LogP contribution in [0.1, 0.15) is 55.7 Å². The fourth-order valence-corrected chi connectivity index (χ4v) is 4.44. The fourth-order valence-electron chi connectivity index (χ4n) is 3.73. The summed E-state index contributed by atoms with van der Waals surface area (Å²) in [4.78, 5) is 22.7. The number of nitrogens with zero attached hydrogens (tertiary/aromatic N) is 4. The van der Waals surface area contributed by atoms with Crippen molar-refractivity contribution in [3.63, 3.8) is 0 Å². The second kappa shape index (κ2) is 8.47. The van der Waals surface area contributed by atoms with Gasteiger partial charge in [0.25, 0.3) is 5.91 Å². The van der Waals surface area contributed by atoms with Crippen molar-refractivity contribution in [2.75, 3.05) is 18.5 Å². The molecular formula is C24H25N5O3S. The number of ether oxygens (including phenoxy) is 2. The Morgan fingerprint density at radius 2 is 1.88 bits per heavy atom. The summed E-state index contributed by atoms with van der Waals surface area (Å²) in [6, 6.07) is 7.73. The molecule has 8 nitrogen and oxygen atoms in total. The number of benzene rings is 1. The average Bonchev–Trinajstić information content (AvgIpc) is 3.45. The smallest absolute Gasteiger partial charge is 0.258 e. The molecule has 9 heteroatoms. The lowest BCUT2D eigenvalue weighted by atomic mass is 10.0. The van der Waals surface area contributed by atoms with Crippen molar-refractivity contribution in [1.82, 2.24) is 19.7 Å². The highest BCUT2D eigenvalue weighted by molar-refractivity contribution is 7.14. The zero-order valence-electron chi connectivity index (χ0n) is 19.0. The highest BCUT2D eigenvalue weighted by Gasteiger charge is 2.20. The van der Waals surface area contributed by atoms with Crippen molar-refractivity contribution >= 4 is 33.4 Å². The molecule has 0 aliphatic carbocycles. The first kappa shape index (κ1) is 21.4. The maximum atomic E-state index is 13.3. The summed E-state index contributed by atoms with van der Waals surface area (Å²) in [5, 5.41) is 10.6. The number of hydrogen-bond acceptors (Lipinski definition) is 7. The van der Waals surface area contributed by atoms with Gasteiger partial charge in [-0.1, -0.05) is 13.8 Å². The van der Waals surface area contributed by atoms with E-state index in [4.69, 9.17) is 14.5 Å². The second-order valence-corrected chi connectivity index (χ2v) is 9.38. The molecule has 5 rings (SSSR count). The Balaban J connectivity index is 1.44. The van der Waals surface area contributed by atoms with E-state index in [0.29, 0.717) is 29.7 Å². The Morgan fingerprint density at radius 1 is 1.09 bits per heavy atom. The molecule has 1 amide bonds. The predicted molar refractivity (Wildman–Crippen MR) is 128 cm³/mol. The fraction of sp³-hybridized carbons (Fsp3) is 0.333. The van der Waals surface area contributed by atoms with E-state index < -0.39 is 0 Å². The third kappa shape index (κ3) is 4.04. The first-order valence-electron chi connectivity index (χ1n) is 11.0. The number of fused-ring (bicyclic) bond motifs is 2. The topological polar surface area (TPSA) is 91.2 Å². The lowest BCUT2D eigenvalue weighted by Crippen LogP contribution is -2.15. The quantitative estimate of drug-likeness (QED) is 0.433. The standard InChI is InChI=1S/C24H25N5O3S/c1-13(2)18-10-16(17-11-25-29(14(3)4)22(17)26-18)23(30)28-24-27-19(12-33-24)15-5-6-20-21(9-15)32-8-7-31-20/h5-6,9-14H,7-8H2,1-4H3,(H,27,28,30). The van der Waals surface area contributed by atoms with E-state index in [1.807, 2.05) is 48.2 Å². The van der Waals surface area contributed by atoms with E-state index in [1.165, 1.54) is 11.3 Å². The number of aromatic nitrogens is 4. The molecule has 0 saturated heterocycles. The molecule has 4 aromatic rings. The van der Waals surface area contributed by atoms with Crippen LogP contribution < -0.4 is 14.8 Å². The SMILES string of the molecule is CC(C)c1cc(C(=O)Nc2nc(-c3ccc4c(c3)OCCO4)cs2)c2cnn(C(C)C)c2n1. The lowest BCUT2D eigenvalue weighted by Gasteiger charge is -2.18. The molecule has 3 aromatic heterocycles. The van der Waals surface area contributed by atoms with Gasteiger partial charge >= 0.3 is 0 Å². The summed E-state index contributed by atoms with van der Waals surface area (Å²) >= 11 is 1.38. The minimum atomic E-state index is -0.226. The van der Waals surface area contributed by atoms with Crippen LogP contribution >= 0.6 is 11.3 Å². The molecule has 0 saturated carbocycles. The van der Waals surface area contributed by atoms with Gasteiger partial charge in [-0.05, 0) is 44.0 Å². The molecule has 0 radical (unpaired) electrons. The van der Waals surface area contributed by atoms with E-state index in [1.54, 1.807) is 6.20 Å². The number of pyridine rings is 1. The van der Waals surface area contributed by atoms with E-state index in [9.17, 15) is 4.79 Å². The van der Waals surface area contributed by atoms with Crippen LogP contribution in [0, 0.1) is 0 Å². The van der Waals surface area contributed by atoms with Gasteiger partial charge in [0.1, 0.15) is 13.2 Å². The van der Waals surface area contributed by atoms with Crippen molar-refractivity contribution in [1.29, 1.82) is 0 Å². The minimum absolute atomic E-state index is 0.140. The molecule has 4 heterocycles. The van der Waals surface area contributed by atoms with Crippen molar-refractivity contribution < 1.29 is 14.3 Å². The largest absolute Gasteiger partial charge is 0.486 e. The first-order chi connectivity index (χ1) is 15.9.